The van der Waals surface area contributed by atoms with Gasteiger partial charge in [-0.15, -0.1) is 0 Å². The molecular formula is C11H15N3O3. The number of hydrogen-bond acceptors (Lipinski definition) is 5. The van der Waals surface area contributed by atoms with Crippen LogP contribution in [0.5, 0.6) is 0 Å². The maximum absolute atomic E-state index is 10.4. The summed E-state index contributed by atoms with van der Waals surface area (Å²) in [4.78, 5) is 13.7. The van der Waals surface area contributed by atoms with E-state index in [1.165, 1.54) is 12.3 Å². The zero-order valence-corrected chi connectivity index (χ0v) is 9.63. The molecule has 17 heavy (non-hydrogen) atoms. The van der Waals surface area contributed by atoms with E-state index in [-0.39, 0.29) is 5.82 Å². The third-order valence-electron chi connectivity index (χ3n) is 2.80. The number of anilines is 1. The highest BCUT2D eigenvalue weighted by Gasteiger charge is 2.29. The molecule has 6 heteroatoms. The van der Waals surface area contributed by atoms with Gasteiger partial charge in [0.25, 0.3) is 0 Å². The fraction of sp³-hybridized carbons (Fsp3) is 0.545. The second kappa shape index (κ2) is 5.09. The van der Waals surface area contributed by atoms with Crippen LogP contribution in [-0.4, -0.2) is 28.7 Å². The highest BCUT2D eigenvalue weighted by molar-refractivity contribution is 5.44. The molecule has 0 amide bonds. The van der Waals surface area contributed by atoms with E-state index < -0.39 is 4.92 Å². The predicted molar refractivity (Wildman–Crippen MR) is 63.0 cm³/mol. The van der Waals surface area contributed by atoms with Gasteiger partial charge in [0, 0.05) is 18.7 Å². The summed E-state index contributed by atoms with van der Waals surface area (Å²) in [6.07, 6.45) is 3.80. The molecule has 0 saturated heterocycles. The average Bonchev–Trinajstić information content (AvgIpc) is 2.27. The van der Waals surface area contributed by atoms with Crippen molar-refractivity contribution in [1.29, 1.82) is 0 Å². The first-order valence-corrected chi connectivity index (χ1v) is 5.67. The van der Waals surface area contributed by atoms with Gasteiger partial charge in [0.1, 0.15) is 0 Å². The monoisotopic (exact) mass is 237 g/mol. The Morgan fingerprint density at radius 2 is 2.35 bits per heavy atom. The van der Waals surface area contributed by atoms with Gasteiger partial charge in [-0.05, 0) is 35.7 Å². The Bertz CT molecular complexity index is 387. The molecule has 1 N–H and O–H groups in total. The van der Waals surface area contributed by atoms with Crippen LogP contribution in [0.3, 0.4) is 0 Å². The summed E-state index contributed by atoms with van der Waals surface area (Å²) in [6.45, 7) is 2.73. The molecule has 0 unspecified atom stereocenters. The van der Waals surface area contributed by atoms with Gasteiger partial charge < -0.3 is 20.2 Å². The molecular weight excluding hydrogens is 222 g/mol. The Labute approximate surface area is 99.2 Å². The molecule has 6 nitrogen and oxygen atoms in total. The minimum absolute atomic E-state index is 0.128. The topological polar surface area (TPSA) is 77.3 Å². The molecule has 0 aromatic carbocycles. The number of aromatic nitrogens is 1. The van der Waals surface area contributed by atoms with Crippen molar-refractivity contribution >= 4 is 11.5 Å². The predicted octanol–water partition coefficient (Wildman–Crippen LogP) is 1.97. The van der Waals surface area contributed by atoms with Crippen LogP contribution in [0.4, 0.5) is 11.5 Å². The molecule has 1 aliphatic carbocycles. The van der Waals surface area contributed by atoms with E-state index in [9.17, 15) is 10.1 Å². The lowest BCUT2D eigenvalue weighted by atomic mass is 9.89. The zero-order valence-electron chi connectivity index (χ0n) is 9.63. The van der Waals surface area contributed by atoms with Crippen LogP contribution >= 0.6 is 0 Å². The second-order valence-corrected chi connectivity index (χ2v) is 4.05. The van der Waals surface area contributed by atoms with Gasteiger partial charge in [-0.2, -0.15) is 0 Å². The summed E-state index contributed by atoms with van der Waals surface area (Å²) in [7, 11) is 0. The van der Waals surface area contributed by atoms with Crippen LogP contribution in [-0.2, 0) is 4.74 Å². The van der Waals surface area contributed by atoms with E-state index in [2.05, 4.69) is 10.3 Å². The highest BCUT2D eigenvalue weighted by Crippen LogP contribution is 2.26. The van der Waals surface area contributed by atoms with Gasteiger partial charge in [0.15, 0.2) is 6.20 Å². The molecule has 1 aromatic rings. The van der Waals surface area contributed by atoms with Gasteiger partial charge in [-0.3, -0.25) is 0 Å². The Morgan fingerprint density at radius 1 is 1.59 bits per heavy atom. The van der Waals surface area contributed by atoms with Gasteiger partial charge in [0.05, 0.1) is 11.8 Å². The van der Waals surface area contributed by atoms with Crippen molar-refractivity contribution in [2.75, 3.05) is 11.9 Å². The average molecular weight is 237 g/mol. The van der Waals surface area contributed by atoms with Gasteiger partial charge >= 0.3 is 5.82 Å². The third kappa shape index (κ3) is 2.91. The minimum atomic E-state index is -0.502. The molecule has 1 saturated carbocycles. The first-order chi connectivity index (χ1) is 8.19. The third-order valence-corrected chi connectivity index (χ3v) is 2.80. The van der Waals surface area contributed by atoms with Crippen molar-refractivity contribution in [2.24, 2.45) is 0 Å². The van der Waals surface area contributed by atoms with Gasteiger partial charge in [-0.1, -0.05) is 0 Å². The van der Waals surface area contributed by atoms with E-state index in [4.69, 9.17) is 4.74 Å². The molecule has 2 rings (SSSR count). The number of rotatable bonds is 5. The standard InChI is InChI=1S/C11H15N3O3/c1-2-17-10-5-9(6-10)13-8-3-4-11(12-7-8)14(15)16/h3-4,7,9-10,13H,2,5-6H2,1H3. The van der Waals surface area contributed by atoms with E-state index in [0.29, 0.717) is 12.1 Å². The molecule has 1 aromatic heterocycles. The summed E-state index contributed by atoms with van der Waals surface area (Å²) < 4.78 is 5.45. The van der Waals surface area contributed by atoms with Crippen molar-refractivity contribution in [1.82, 2.24) is 4.98 Å². The number of nitro groups is 1. The normalized spacial score (nSPS) is 22.9. The molecule has 1 fully saturated rings. The first kappa shape index (κ1) is 11.8. The lowest BCUT2D eigenvalue weighted by Gasteiger charge is -2.35. The Morgan fingerprint density at radius 3 is 2.88 bits per heavy atom. The summed E-state index contributed by atoms with van der Waals surface area (Å²) in [5.41, 5.74) is 0.815. The molecule has 1 heterocycles. The lowest BCUT2D eigenvalue weighted by molar-refractivity contribution is -0.389. The first-order valence-electron chi connectivity index (χ1n) is 5.67. The molecule has 0 radical (unpaired) electrons. The number of ether oxygens (including phenoxy) is 1. The van der Waals surface area contributed by atoms with Crippen molar-refractivity contribution in [2.45, 2.75) is 31.9 Å². The van der Waals surface area contributed by atoms with Crippen LogP contribution < -0.4 is 5.32 Å². The SMILES string of the molecule is CCOC1CC(Nc2ccc([N+](=O)[O-])nc2)C1. The Kier molecular flexibility index (Phi) is 3.53. The van der Waals surface area contributed by atoms with Crippen LogP contribution in [0.15, 0.2) is 18.3 Å². The largest absolute Gasteiger partial charge is 0.379 e. The van der Waals surface area contributed by atoms with Gasteiger partial charge in [-0.25, -0.2) is 0 Å². The Hall–Kier alpha value is -1.69. The second-order valence-electron chi connectivity index (χ2n) is 4.05. The fourth-order valence-corrected chi connectivity index (χ4v) is 1.87. The smallest absolute Gasteiger partial charge is 0.363 e. The van der Waals surface area contributed by atoms with E-state index >= 15 is 0 Å². The van der Waals surface area contributed by atoms with Crippen molar-refractivity contribution in [3.8, 4) is 0 Å². The number of pyridine rings is 1. The molecule has 0 bridgehead atoms. The summed E-state index contributed by atoms with van der Waals surface area (Å²) in [5, 5.41) is 13.7. The zero-order chi connectivity index (χ0) is 12.3. The summed E-state index contributed by atoms with van der Waals surface area (Å²) in [5.74, 6) is -0.128. The molecule has 0 spiro atoms. The van der Waals surface area contributed by atoms with Crippen molar-refractivity contribution < 1.29 is 9.66 Å². The van der Waals surface area contributed by atoms with Crippen LogP contribution in [0.25, 0.3) is 0 Å². The van der Waals surface area contributed by atoms with Crippen molar-refractivity contribution in [3.05, 3.63) is 28.4 Å². The van der Waals surface area contributed by atoms with Crippen LogP contribution in [0.2, 0.25) is 0 Å². The molecule has 1 aliphatic rings. The van der Waals surface area contributed by atoms with Gasteiger partial charge in [0.2, 0.25) is 0 Å². The van der Waals surface area contributed by atoms with Crippen LogP contribution in [0, 0.1) is 10.1 Å². The molecule has 0 atom stereocenters. The number of nitrogens with zero attached hydrogens (tertiary/aromatic N) is 2. The Balaban J connectivity index is 1.82. The summed E-state index contributed by atoms with van der Waals surface area (Å²) in [6, 6.07) is 3.47. The van der Waals surface area contributed by atoms with Crippen molar-refractivity contribution in [3.63, 3.8) is 0 Å². The molecule has 0 aliphatic heterocycles. The molecule has 92 valence electrons. The van der Waals surface area contributed by atoms with E-state index in [1.54, 1.807) is 6.07 Å². The maximum Gasteiger partial charge on any atom is 0.363 e. The number of nitrogens with one attached hydrogen (secondary N) is 1. The fourth-order valence-electron chi connectivity index (χ4n) is 1.87. The maximum atomic E-state index is 10.4. The lowest BCUT2D eigenvalue weighted by Crippen LogP contribution is -2.40. The highest BCUT2D eigenvalue weighted by atomic mass is 16.6. The van der Waals surface area contributed by atoms with E-state index in [1.807, 2.05) is 6.92 Å². The van der Waals surface area contributed by atoms with Crippen LogP contribution in [0.1, 0.15) is 19.8 Å². The quantitative estimate of drug-likeness (QED) is 0.625. The van der Waals surface area contributed by atoms with E-state index in [0.717, 1.165) is 25.1 Å². The summed E-state index contributed by atoms with van der Waals surface area (Å²) >= 11 is 0. The minimum Gasteiger partial charge on any atom is -0.379 e. The number of hydrogen-bond donors (Lipinski definition) is 1.